The van der Waals surface area contributed by atoms with Crippen LogP contribution in [0.4, 0.5) is 5.69 Å². The SMILES string of the molecule is NC(=O)c1ccc(-c2ccccc2)c(-c2ccc(Br)c(NC(=O)CN3CCOCC3)c2)c1. The Morgan fingerprint density at radius 3 is 2.41 bits per heavy atom. The number of nitrogens with two attached hydrogens (primary N) is 1. The first-order chi connectivity index (χ1) is 15.5. The highest BCUT2D eigenvalue weighted by molar-refractivity contribution is 9.10. The molecule has 4 rings (SSSR count). The van der Waals surface area contributed by atoms with E-state index in [0.717, 1.165) is 39.8 Å². The van der Waals surface area contributed by atoms with Crippen LogP contribution in [-0.4, -0.2) is 49.6 Å². The van der Waals surface area contributed by atoms with Crippen molar-refractivity contribution < 1.29 is 14.3 Å². The van der Waals surface area contributed by atoms with E-state index >= 15 is 0 Å². The molecule has 3 aromatic carbocycles. The molecule has 6 nitrogen and oxygen atoms in total. The fourth-order valence-corrected chi connectivity index (χ4v) is 4.09. The molecule has 7 heteroatoms. The number of carbonyl (C=O) groups excluding carboxylic acids is 2. The van der Waals surface area contributed by atoms with E-state index in [2.05, 4.69) is 26.1 Å². The summed E-state index contributed by atoms with van der Waals surface area (Å²) in [6, 6.07) is 21.1. The molecule has 32 heavy (non-hydrogen) atoms. The van der Waals surface area contributed by atoms with Crippen molar-refractivity contribution in [3.8, 4) is 22.3 Å². The molecule has 0 aromatic heterocycles. The zero-order valence-corrected chi connectivity index (χ0v) is 19.1. The van der Waals surface area contributed by atoms with Gasteiger partial charge in [0.15, 0.2) is 0 Å². The van der Waals surface area contributed by atoms with Crippen LogP contribution in [0, 0.1) is 0 Å². The van der Waals surface area contributed by atoms with Crippen molar-refractivity contribution in [1.29, 1.82) is 0 Å². The second-order valence-electron chi connectivity index (χ2n) is 7.62. The van der Waals surface area contributed by atoms with Crippen molar-refractivity contribution in [3.05, 3.63) is 76.8 Å². The molecule has 2 amide bonds. The first-order valence-electron chi connectivity index (χ1n) is 10.4. The van der Waals surface area contributed by atoms with Gasteiger partial charge in [-0.1, -0.05) is 42.5 Å². The van der Waals surface area contributed by atoms with Crippen LogP contribution in [0.1, 0.15) is 10.4 Å². The number of hydrogen-bond acceptors (Lipinski definition) is 4. The number of ether oxygens (including phenoxy) is 1. The highest BCUT2D eigenvalue weighted by atomic mass is 79.9. The van der Waals surface area contributed by atoms with Gasteiger partial charge in [-0.25, -0.2) is 0 Å². The van der Waals surface area contributed by atoms with Crippen LogP contribution >= 0.6 is 15.9 Å². The fraction of sp³-hybridized carbons (Fsp3) is 0.200. The van der Waals surface area contributed by atoms with Gasteiger partial charge in [0.25, 0.3) is 0 Å². The highest BCUT2D eigenvalue weighted by Crippen LogP contribution is 2.36. The maximum atomic E-state index is 12.6. The molecule has 0 bridgehead atoms. The summed E-state index contributed by atoms with van der Waals surface area (Å²) in [5, 5.41) is 3.00. The highest BCUT2D eigenvalue weighted by Gasteiger charge is 2.16. The second kappa shape index (κ2) is 10.1. The van der Waals surface area contributed by atoms with Crippen molar-refractivity contribution in [3.63, 3.8) is 0 Å². The standard InChI is InChI=1S/C25H24BrN3O3/c26-22-9-7-18(15-23(22)28-24(30)16-29-10-12-32-13-11-29)21-14-19(25(27)31)6-8-20(21)17-4-2-1-3-5-17/h1-9,14-15H,10-13,16H2,(H2,27,31)(H,28,30). The van der Waals surface area contributed by atoms with Crippen molar-refractivity contribution in [1.82, 2.24) is 4.90 Å². The molecule has 1 aliphatic rings. The number of halogens is 1. The normalized spacial score (nSPS) is 14.2. The number of hydrogen-bond donors (Lipinski definition) is 2. The van der Waals surface area contributed by atoms with Gasteiger partial charge in [0, 0.05) is 23.1 Å². The minimum absolute atomic E-state index is 0.0843. The van der Waals surface area contributed by atoms with Crippen LogP contribution < -0.4 is 11.1 Å². The summed E-state index contributed by atoms with van der Waals surface area (Å²) in [6.45, 7) is 3.09. The third-order valence-corrected chi connectivity index (χ3v) is 6.10. The largest absolute Gasteiger partial charge is 0.379 e. The van der Waals surface area contributed by atoms with E-state index < -0.39 is 5.91 Å². The Labute approximate surface area is 195 Å². The molecule has 0 saturated carbocycles. The summed E-state index contributed by atoms with van der Waals surface area (Å²) in [5.74, 6) is -0.569. The van der Waals surface area contributed by atoms with E-state index in [0.29, 0.717) is 31.0 Å². The Bertz CT molecular complexity index is 1130. The Balaban J connectivity index is 1.67. The summed E-state index contributed by atoms with van der Waals surface area (Å²) in [4.78, 5) is 26.5. The van der Waals surface area contributed by atoms with E-state index in [-0.39, 0.29) is 5.91 Å². The molecule has 1 fully saturated rings. The number of amides is 2. The summed E-state index contributed by atoms with van der Waals surface area (Å²) in [7, 11) is 0. The van der Waals surface area contributed by atoms with Gasteiger partial charge in [-0.15, -0.1) is 0 Å². The first kappa shape index (κ1) is 22.2. The second-order valence-corrected chi connectivity index (χ2v) is 8.48. The van der Waals surface area contributed by atoms with Crippen molar-refractivity contribution >= 4 is 33.4 Å². The van der Waals surface area contributed by atoms with Crippen LogP contribution in [0.25, 0.3) is 22.3 Å². The van der Waals surface area contributed by atoms with E-state index in [1.807, 2.05) is 54.6 Å². The lowest BCUT2D eigenvalue weighted by atomic mass is 9.92. The predicted octanol–water partition coefficient (Wildman–Crippen LogP) is 4.15. The summed E-state index contributed by atoms with van der Waals surface area (Å²) in [6.07, 6.45) is 0. The van der Waals surface area contributed by atoms with Crippen molar-refractivity contribution in [2.24, 2.45) is 5.73 Å². The van der Waals surface area contributed by atoms with Crippen LogP contribution in [-0.2, 0) is 9.53 Å². The van der Waals surface area contributed by atoms with Gasteiger partial charge in [-0.3, -0.25) is 14.5 Å². The zero-order valence-electron chi connectivity index (χ0n) is 17.5. The van der Waals surface area contributed by atoms with Crippen LogP contribution in [0.5, 0.6) is 0 Å². The topological polar surface area (TPSA) is 84.7 Å². The third-order valence-electron chi connectivity index (χ3n) is 5.41. The summed E-state index contributed by atoms with van der Waals surface area (Å²) >= 11 is 3.54. The lowest BCUT2D eigenvalue weighted by molar-refractivity contribution is -0.118. The van der Waals surface area contributed by atoms with Gasteiger partial charge in [-0.2, -0.15) is 0 Å². The number of anilines is 1. The Hall–Kier alpha value is -3.00. The van der Waals surface area contributed by atoms with Gasteiger partial charge >= 0.3 is 0 Å². The molecule has 3 aromatic rings. The Morgan fingerprint density at radius 2 is 1.69 bits per heavy atom. The number of morpholine rings is 1. The molecule has 0 aliphatic carbocycles. The monoisotopic (exact) mass is 493 g/mol. The minimum atomic E-state index is -0.484. The number of carbonyl (C=O) groups is 2. The van der Waals surface area contributed by atoms with Crippen LogP contribution in [0.3, 0.4) is 0 Å². The summed E-state index contributed by atoms with van der Waals surface area (Å²) < 4.78 is 6.13. The lowest BCUT2D eigenvalue weighted by Crippen LogP contribution is -2.41. The molecule has 0 atom stereocenters. The van der Waals surface area contributed by atoms with Gasteiger partial charge in [-0.05, 0) is 62.4 Å². The average molecular weight is 494 g/mol. The zero-order chi connectivity index (χ0) is 22.5. The number of primary amides is 1. The van der Waals surface area contributed by atoms with Crippen molar-refractivity contribution in [2.75, 3.05) is 38.2 Å². The Morgan fingerprint density at radius 1 is 0.938 bits per heavy atom. The number of nitrogens with zero attached hydrogens (tertiary/aromatic N) is 1. The van der Waals surface area contributed by atoms with Crippen LogP contribution in [0.15, 0.2) is 71.2 Å². The molecule has 3 N–H and O–H groups in total. The number of rotatable bonds is 6. The number of benzene rings is 3. The molecular formula is C25H24BrN3O3. The third kappa shape index (κ3) is 5.24. The minimum Gasteiger partial charge on any atom is -0.379 e. The average Bonchev–Trinajstić information content (AvgIpc) is 2.81. The smallest absolute Gasteiger partial charge is 0.248 e. The van der Waals surface area contributed by atoms with Crippen molar-refractivity contribution in [2.45, 2.75) is 0 Å². The van der Waals surface area contributed by atoms with Crippen LogP contribution in [0.2, 0.25) is 0 Å². The number of nitrogens with one attached hydrogen (secondary N) is 1. The lowest BCUT2D eigenvalue weighted by Gasteiger charge is -2.25. The quantitative estimate of drug-likeness (QED) is 0.539. The Kier molecular flexibility index (Phi) is 6.99. The summed E-state index contributed by atoms with van der Waals surface area (Å²) in [5.41, 5.74) is 10.4. The molecule has 1 saturated heterocycles. The molecular weight excluding hydrogens is 470 g/mol. The van der Waals surface area contributed by atoms with E-state index in [1.54, 1.807) is 12.1 Å². The molecule has 1 aliphatic heterocycles. The fourth-order valence-electron chi connectivity index (χ4n) is 3.75. The van der Waals surface area contributed by atoms with Gasteiger partial charge < -0.3 is 15.8 Å². The maximum absolute atomic E-state index is 12.6. The maximum Gasteiger partial charge on any atom is 0.248 e. The molecule has 0 spiro atoms. The molecule has 0 radical (unpaired) electrons. The molecule has 0 unspecified atom stereocenters. The predicted molar refractivity (Wildman–Crippen MR) is 129 cm³/mol. The van der Waals surface area contributed by atoms with E-state index in [1.165, 1.54) is 0 Å². The van der Waals surface area contributed by atoms with Gasteiger partial charge in [0.05, 0.1) is 25.4 Å². The first-order valence-corrected chi connectivity index (χ1v) is 11.2. The van der Waals surface area contributed by atoms with Gasteiger partial charge in [0.2, 0.25) is 11.8 Å². The van der Waals surface area contributed by atoms with Gasteiger partial charge in [0.1, 0.15) is 0 Å². The molecule has 164 valence electrons. The molecule has 1 heterocycles. The van der Waals surface area contributed by atoms with E-state index in [9.17, 15) is 9.59 Å². The van der Waals surface area contributed by atoms with E-state index in [4.69, 9.17) is 10.5 Å².